The summed E-state index contributed by atoms with van der Waals surface area (Å²) in [5.74, 6) is 0.558. The van der Waals surface area contributed by atoms with Crippen LogP contribution in [0, 0.1) is 0 Å². The third-order valence-electron chi connectivity index (χ3n) is 3.38. The predicted molar refractivity (Wildman–Crippen MR) is 75.7 cm³/mol. The monoisotopic (exact) mass is 267 g/mol. The zero-order chi connectivity index (χ0) is 13.5. The molecule has 3 aromatic rings. The molecule has 1 aliphatic rings. The lowest BCUT2D eigenvalue weighted by Crippen LogP contribution is -2.17. The molecule has 0 bridgehead atoms. The molecule has 1 fully saturated rings. The number of nitrogens with zero attached hydrogens (tertiary/aromatic N) is 3. The Morgan fingerprint density at radius 2 is 2.05 bits per heavy atom. The average Bonchev–Trinajstić information content (AvgIpc) is 3.22. The molecule has 6 nitrogen and oxygen atoms in total. The van der Waals surface area contributed by atoms with Gasteiger partial charge in [-0.15, -0.1) is 0 Å². The van der Waals surface area contributed by atoms with E-state index in [-0.39, 0.29) is 5.69 Å². The molecule has 0 radical (unpaired) electrons. The standard InChI is InChI=1S/C14H13N5O/c20-14-18-17-12-8-11(9-4-2-1-3-5-9)16-13(19(12)14)15-10-6-7-10/h1-5,8,10H,6-7H2,(H,15,16)(H,18,20). The molecule has 4 rings (SSSR count). The molecule has 2 aromatic heterocycles. The molecule has 1 saturated carbocycles. The van der Waals surface area contributed by atoms with Crippen LogP contribution in [0.25, 0.3) is 16.9 Å². The molecule has 1 aromatic carbocycles. The van der Waals surface area contributed by atoms with Crippen LogP contribution in [0.15, 0.2) is 41.2 Å². The fraction of sp³-hybridized carbons (Fsp3) is 0.214. The molecule has 6 heteroatoms. The first-order valence-corrected chi connectivity index (χ1v) is 6.61. The highest BCUT2D eigenvalue weighted by molar-refractivity contribution is 5.65. The van der Waals surface area contributed by atoms with Crippen LogP contribution in [0.2, 0.25) is 0 Å². The molecule has 0 saturated heterocycles. The van der Waals surface area contributed by atoms with Crippen LogP contribution in [-0.2, 0) is 0 Å². The molecule has 0 amide bonds. The summed E-state index contributed by atoms with van der Waals surface area (Å²) in [6.07, 6.45) is 2.23. The molecule has 0 unspecified atom stereocenters. The van der Waals surface area contributed by atoms with Crippen molar-refractivity contribution in [2.75, 3.05) is 5.32 Å². The summed E-state index contributed by atoms with van der Waals surface area (Å²) in [4.78, 5) is 16.4. The fourth-order valence-electron chi connectivity index (χ4n) is 2.19. The number of aromatic nitrogens is 4. The Hall–Kier alpha value is -2.63. The summed E-state index contributed by atoms with van der Waals surface area (Å²) >= 11 is 0. The van der Waals surface area contributed by atoms with Gasteiger partial charge in [0, 0.05) is 17.7 Å². The highest BCUT2D eigenvalue weighted by Gasteiger charge is 2.23. The molecular weight excluding hydrogens is 254 g/mol. The van der Waals surface area contributed by atoms with Crippen molar-refractivity contribution < 1.29 is 0 Å². The van der Waals surface area contributed by atoms with E-state index in [1.54, 1.807) is 0 Å². The molecule has 100 valence electrons. The van der Waals surface area contributed by atoms with Crippen molar-refractivity contribution in [1.29, 1.82) is 0 Å². The maximum atomic E-state index is 11.8. The van der Waals surface area contributed by atoms with E-state index in [0.717, 1.165) is 24.1 Å². The van der Waals surface area contributed by atoms with Gasteiger partial charge in [0.05, 0.1) is 5.69 Å². The van der Waals surface area contributed by atoms with Crippen molar-refractivity contribution >= 4 is 11.6 Å². The van der Waals surface area contributed by atoms with Gasteiger partial charge in [-0.25, -0.2) is 19.3 Å². The van der Waals surface area contributed by atoms with Gasteiger partial charge in [-0.1, -0.05) is 30.3 Å². The Kier molecular flexibility index (Phi) is 2.35. The summed E-state index contributed by atoms with van der Waals surface area (Å²) in [7, 11) is 0. The summed E-state index contributed by atoms with van der Waals surface area (Å²) < 4.78 is 1.48. The van der Waals surface area contributed by atoms with Crippen LogP contribution in [0.5, 0.6) is 0 Å². The van der Waals surface area contributed by atoms with E-state index in [9.17, 15) is 4.79 Å². The minimum absolute atomic E-state index is 0.268. The molecule has 1 aliphatic carbocycles. The van der Waals surface area contributed by atoms with Gasteiger partial charge < -0.3 is 5.32 Å². The summed E-state index contributed by atoms with van der Waals surface area (Å²) in [5.41, 5.74) is 2.12. The molecule has 0 atom stereocenters. The first kappa shape index (κ1) is 11.2. The third-order valence-corrected chi connectivity index (χ3v) is 3.38. The molecular formula is C14H13N5O. The fourth-order valence-corrected chi connectivity index (χ4v) is 2.19. The van der Waals surface area contributed by atoms with Crippen LogP contribution >= 0.6 is 0 Å². The van der Waals surface area contributed by atoms with Crippen LogP contribution in [0.4, 0.5) is 5.95 Å². The maximum absolute atomic E-state index is 11.8. The van der Waals surface area contributed by atoms with E-state index < -0.39 is 0 Å². The van der Waals surface area contributed by atoms with Gasteiger partial charge >= 0.3 is 5.69 Å². The Morgan fingerprint density at radius 3 is 2.80 bits per heavy atom. The number of rotatable bonds is 3. The Labute approximate surface area is 114 Å². The van der Waals surface area contributed by atoms with Gasteiger partial charge in [-0.3, -0.25) is 0 Å². The van der Waals surface area contributed by atoms with Crippen molar-refractivity contribution in [2.24, 2.45) is 0 Å². The van der Waals surface area contributed by atoms with Crippen molar-refractivity contribution in [1.82, 2.24) is 19.6 Å². The SMILES string of the molecule is O=c1[nH]nc2cc(-c3ccccc3)nc(NC3CC3)n12. The second-order valence-corrected chi connectivity index (χ2v) is 4.97. The van der Waals surface area contributed by atoms with Gasteiger partial charge in [0.1, 0.15) is 0 Å². The number of nitrogens with one attached hydrogen (secondary N) is 2. The van der Waals surface area contributed by atoms with Gasteiger partial charge in [-0.05, 0) is 12.8 Å². The van der Waals surface area contributed by atoms with Crippen LogP contribution in [-0.4, -0.2) is 25.6 Å². The third kappa shape index (κ3) is 1.85. The Balaban J connectivity index is 1.92. The molecule has 2 heterocycles. The highest BCUT2D eigenvalue weighted by atomic mass is 16.1. The van der Waals surface area contributed by atoms with Gasteiger partial charge in [0.15, 0.2) is 5.65 Å². The molecule has 20 heavy (non-hydrogen) atoms. The van der Waals surface area contributed by atoms with Gasteiger partial charge in [0.2, 0.25) is 5.95 Å². The number of H-pyrrole nitrogens is 1. The van der Waals surface area contributed by atoms with Crippen molar-refractivity contribution in [3.63, 3.8) is 0 Å². The normalized spacial score (nSPS) is 14.6. The summed E-state index contributed by atoms with van der Waals surface area (Å²) in [6, 6.07) is 12.1. The zero-order valence-electron chi connectivity index (χ0n) is 10.7. The quantitative estimate of drug-likeness (QED) is 0.756. The number of benzene rings is 1. The number of aromatic amines is 1. The summed E-state index contributed by atoms with van der Waals surface area (Å²) in [6.45, 7) is 0. The molecule has 0 aliphatic heterocycles. The smallest absolute Gasteiger partial charge is 0.350 e. The first-order chi connectivity index (χ1) is 9.81. The average molecular weight is 267 g/mol. The lowest BCUT2D eigenvalue weighted by molar-refractivity contribution is 0.970. The second-order valence-electron chi connectivity index (χ2n) is 4.97. The minimum Gasteiger partial charge on any atom is -0.352 e. The van der Waals surface area contributed by atoms with E-state index in [0.29, 0.717) is 17.6 Å². The lowest BCUT2D eigenvalue weighted by atomic mass is 10.1. The summed E-state index contributed by atoms with van der Waals surface area (Å²) in [5, 5.41) is 9.79. The van der Waals surface area contributed by atoms with E-state index in [2.05, 4.69) is 20.5 Å². The van der Waals surface area contributed by atoms with Crippen molar-refractivity contribution in [2.45, 2.75) is 18.9 Å². The highest BCUT2D eigenvalue weighted by Crippen LogP contribution is 2.25. The van der Waals surface area contributed by atoms with E-state index in [4.69, 9.17) is 0 Å². The van der Waals surface area contributed by atoms with Crippen LogP contribution < -0.4 is 11.0 Å². The Bertz CT molecular complexity index is 816. The molecule has 2 N–H and O–H groups in total. The van der Waals surface area contributed by atoms with Crippen molar-refractivity contribution in [3.05, 3.63) is 46.9 Å². The zero-order valence-corrected chi connectivity index (χ0v) is 10.7. The van der Waals surface area contributed by atoms with E-state index in [1.165, 1.54) is 4.40 Å². The largest absolute Gasteiger partial charge is 0.352 e. The number of hydrogen-bond donors (Lipinski definition) is 2. The van der Waals surface area contributed by atoms with Crippen LogP contribution in [0.1, 0.15) is 12.8 Å². The first-order valence-electron chi connectivity index (χ1n) is 6.61. The van der Waals surface area contributed by atoms with Crippen LogP contribution in [0.3, 0.4) is 0 Å². The Morgan fingerprint density at radius 1 is 1.25 bits per heavy atom. The second kappa shape index (κ2) is 4.19. The van der Waals surface area contributed by atoms with E-state index in [1.807, 2.05) is 36.4 Å². The number of fused-ring (bicyclic) bond motifs is 1. The number of anilines is 1. The van der Waals surface area contributed by atoms with Crippen molar-refractivity contribution in [3.8, 4) is 11.3 Å². The lowest BCUT2D eigenvalue weighted by Gasteiger charge is -2.08. The number of hydrogen-bond acceptors (Lipinski definition) is 4. The van der Waals surface area contributed by atoms with Gasteiger partial charge in [-0.2, -0.15) is 5.10 Å². The molecule has 0 spiro atoms. The maximum Gasteiger partial charge on any atom is 0.350 e. The predicted octanol–water partition coefficient (Wildman–Crippen LogP) is 1.66. The van der Waals surface area contributed by atoms with E-state index >= 15 is 0 Å². The minimum atomic E-state index is -0.268. The van der Waals surface area contributed by atoms with Gasteiger partial charge in [0.25, 0.3) is 0 Å². The topological polar surface area (TPSA) is 75.1 Å².